The Kier molecular flexibility index (Phi) is 11.6. The first-order chi connectivity index (χ1) is 24.9. The van der Waals surface area contributed by atoms with E-state index in [1.165, 1.54) is 7.11 Å². The van der Waals surface area contributed by atoms with Crippen LogP contribution >= 0.6 is 0 Å². The Morgan fingerprint density at radius 3 is 2.60 bits per heavy atom. The Bertz CT molecular complexity index is 1630. The summed E-state index contributed by atoms with van der Waals surface area (Å²) in [4.78, 5) is 32.9. The molecular formula is C41H53NO10. The topological polar surface area (TPSA) is 142 Å². The van der Waals surface area contributed by atoms with Gasteiger partial charge in [0, 0.05) is 30.7 Å². The van der Waals surface area contributed by atoms with Crippen molar-refractivity contribution < 1.29 is 48.3 Å². The second kappa shape index (κ2) is 15.8. The van der Waals surface area contributed by atoms with Crippen LogP contribution in [0.2, 0.25) is 0 Å². The lowest BCUT2D eigenvalue weighted by Gasteiger charge is -2.50. The van der Waals surface area contributed by atoms with Gasteiger partial charge in [0.15, 0.2) is 11.5 Å². The Labute approximate surface area is 306 Å². The molecule has 3 saturated heterocycles. The van der Waals surface area contributed by atoms with Gasteiger partial charge in [-0.05, 0) is 55.7 Å². The molecule has 52 heavy (non-hydrogen) atoms. The molecule has 0 saturated carbocycles. The summed E-state index contributed by atoms with van der Waals surface area (Å²) in [5.41, 5.74) is 0.535. The molecule has 0 aromatic heterocycles. The zero-order valence-electron chi connectivity index (χ0n) is 31.0. The van der Waals surface area contributed by atoms with Crippen molar-refractivity contribution >= 4 is 17.7 Å². The highest BCUT2D eigenvalue weighted by Gasteiger charge is 2.60. The average Bonchev–Trinajstić information content (AvgIpc) is 3.47. The minimum absolute atomic E-state index is 0.00166. The molecule has 1 aliphatic carbocycles. The van der Waals surface area contributed by atoms with Crippen LogP contribution in [0.15, 0.2) is 82.6 Å². The molecule has 1 aromatic carbocycles. The average molecular weight is 720 g/mol. The SMILES string of the molecule is CC[C@H]1O[C@]2(CC[C@@H]1C)C[C@@H]1C[C@@H](C/C=C(\C)[C@H](OC(=O)/C(=N\OC)c3ccccc3)[C@@H](C)/C=C/C=C3\CO[C@@H]4[C@H](O)C(C)=C[C@@H](C(=O)O1)[C@]34O)O2. The summed E-state index contributed by atoms with van der Waals surface area (Å²) in [6.45, 7) is 9.88. The fourth-order valence-corrected chi connectivity index (χ4v) is 8.43. The summed E-state index contributed by atoms with van der Waals surface area (Å²) in [5, 5.41) is 27.4. The Morgan fingerprint density at radius 2 is 1.87 bits per heavy atom. The maximum absolute atomic E-state index is 14.1. The predicted octanol–water partition coefficient (Wildman–Crippen LogP) is 5.50. The van der Waals surface area contributed by atoms with E-state index in [0.29, 0.717) is 48.3 Å². The molecule has 4 heterocycles. The number of aliphatic hydroxyl groups is 2. The molecule has 0 radical (unpaired) electrons. The van der Waals surface area contributed by atoms with Crippen molar-refractivity contribution in [3.63, 3.8) is 0 Å². The molecular weight excluding hydrogens is 666 g/mol. The van der Waals surface area contributed by atoms with E-state index in [9.17, 15) is 19.8 Å². The van der Waals surface area contributed by atoms with Gasteiger partial charge in [-0.1, -0.05) is 86.6 Å². The fourth-order valence-electron chi connectivity index (χ4n) is 8.43. The van der Waals surface area contributed by atoms with Crippen molar-refractivity contribution in [3.8, 4) is 0 Å². The Morgan fingerprint density at radius 1 is 1.10 bits per heavy atom. The zero-order valence-corrected chi connectivity index (χ0v) is 31.0. The number of oxime groups is 1. The first-order valence-corrected chi connectivity index (χ1v) is 18.6. The van der Waals surface area contributed by atoms with E-state index in [-0.39, 0.29) is 30.4 Å². The summed E-state index contributed by atoms with van der Waals surface area (Å²) >= 11 is 0. The van der Waals surface area contributed by atoms with Crippen LogP contribution in [0.1, 0.15) is 78.7 Å². The van der Waals surface area contributed by atoms with Crippen LogP contribution in [0.3, 0.4) is 0 Å². The summed E-state index contributed by atoms with van der Waals surface area (Å²) < 4.78 is 32.0. The van der Waals surface area contributed by atoms with E-state index in [0.717, 1.165) is 18.4 Å². The first kappa shape index (κ1) is 38.1. The molecule has 11 nitrogen and oxygen atoms in total. The molecule has 1 aromatic rings. The van der Waals surface area contributed by atoms with E-state index in [4.69, 9.17) is 28.5 Å². The maximum atomic E-state index is 14.1. The summed E-state index contributed by atoms with van der Waals surface area (Å²) in [6.07, 6.45) is 8.81. The number of hydrogen-bond donors (Lipinski definition) is 2. The van der Waals surface area contributed by atoms with Gasteiger partial charge in [0.2, 0.25) is 0 Å². The van der Waals surface area contributed by atoms with Crippen LogP contribution in [0.4, 0.5) is 0 Å². The largest absolute Gasteiger partial charge is 0.462 e. The fraction of sp³-hybridized carbons (Fsp3) is 0.585. The number of benzene rings is 1. The van der Waals surface area contributed by atoms with Crippen LogP contribution < -0.4 is 0 Å². The van der Waals surface area contributed by atoms with Gasteiger partial charge in [-0.15, -0.1) is 0 Å². The number of fused-ring (bicyclic) bond motifs is 2. The third kappa shape index (κ3) is 7.57. The maximum Gasteiger partial charge on any atom is 0.361 e. The molecule has 2 bridgehead atoms. The number of rotatable bonds is 5. The van der Waals surface area contributed by atoms with E-state index in [1.807, 2.05) is 44.2 Å². The Hall–Kier alpha value is -3.61. The Balaban J connectivity index is 1.39. The lowest BCUT2D eigenvalue weighted by Crippen LogP contribution is -2.58. The molecule has 2 N–H and O–H groups in total. The van der Waals surface area contributed by atoms with Crippen molar-refractivity contribution in [2.24, 2.45) is 22.9 Å². The number of ether oxygens (including phenoxy) is 5. The minimum atomic E-state index is -1.84. The third-order valence-corrected chi connectivity index (χ3v) is 11.4. The number of allylic oxidation sites excluding steroid dienone is 2. The van der Waals surface area contributed by atoms with Gasteiger partial charge in [0.05, 0.1) is 18.8 Å². The lowest BCUT2D eigenvalue weighted by molar-refractivity contribution is -0.335. The van der Waals surface area contributed by atoms with Gasteiger partial charge >= 0.3 is 11.9 Å². The van der Waals surface area contributed by atoms with Crippen LogP contribution in [-0.4, -0.2) is 89.6 Å². The van der Waals surface area contributed by atoms with E-state index < -0.39 is 53.7 Å². The van der Waals surface area contributed by atoms with Gasteiger partial charge in [-0.2, -0.15) is 0 Å². The number of aliphatic hydroxyl groups excluding tert-OH is 1. The monoisotopic (exact) mass is 719 g/mol. The smallest absolute Gasteiger partial charge is 0.361 e. The van der Waals surface area contributed by atoms with Crippen LogP contribution in [0, 0.1) is 17.8 Å². The zero-order chi connectivity index (χ0) is 37.2. The lowest BCUT2D eigenvalue weighted by atomic mass is 9.71. The van der Waals surface area contributed by atoms with Crippen molar-refractivity contribution in [2.75, 3.05) is 13.7 Å². The number of carbonyl (C=O) groups excluding carboxylic acids is 2. The molecule has 282 valence electrons. The number of carbonyl (C=O) groups is 2. The highest BCUT2D eigenvalue weighted by molar-refractivity contribution is 6.43. The molecule has 11 heteroatoms. The molecule has 6 rings (SSSR count). The molecule has 0 unspecified atom stereocenters. The van der Waals surface area contributed by atoms with Crippen LogP contribution in [-0.2, 0) is 38.1 Å². The first-order valence-electron chi connectivity index (χ1n) is 18.6. The second-order valence-electron chi connectivity index (χ2n) is 15.1. The van der Waals surface area contributed by atoms with Crippen LogP contribution in [0.25, 0.3) is 0 Å². The molecule has 5 aliphatic rings. The van der Waals surface area contributed by atoms with Gasteiger partial charge in [-0.25, -0.2) is 4.79 Å². The standard InChI is InChI=1S/C41H53NO10/c1-7-33-24(2)18-19-40(52-33)22-31-21-30(51-40)17-16-26(4)36(50-39(45)34(42-47-6)28-13-9-8-10-14-28)25(3)12-11-15-29-23-48-37-35(43)27(5)20-32(38(44)49-31)41(29,37)46/h8-16,20,24-25,30-33,35-37,43,46H,7,17-19,21-23H2,1-6H3/b12-11+,26-16+,29-15+,42-34-/t24-,25-,30+,31-,32-,33+,35+,36+,37+,40+,41+/m0/s1. The van der Waals surface area contributed by atoms with Gasteiger partial charge in [0.1, 0.15) is 43.0 Å². The number of nitrogens with zero attached hydrogens (tertiary/aromatic N) is 1. The summed E-state index contributed by atoms with van der Waals surface area (Å²) in [5.74, 6) is -3.24. The van der Waals surface area contributed by atoms with Gasteiger partial charge in [-0.3, -0.25) is 4.79 Å². The van der Waals surface area contributed by atoms with Crippen LogP contribution in [0.5, 0.6) is 0 Å². The van der Waals surface area contributed by atoms with Crippen molar-refractivity contribution in [1.82, 2.24) is 0 Å². The summed E-state index contributed by atoms with van der Waals surface area (Å²) in [7, 11) is 1.38. The van der Waals surface area contributed by atoms with E-state index in [2.05, 4.69) is 19.0 Å². The van der Waals surface area contributed by atoms with E-state index in [1.54, 1.807) is 37.3 Å². The second-order valence-corrected chi connectivity index (χ2v) is 15.1. The molecule has 0 amide bonds. The molecule has 1 spiro atoms. The molecule has 3 fully saturated rings. The highest BCUT2D eigenvalue weighted by Crippen LogP contribution is 2.47. The van der Waals surface area contributed by atoms with Crippen molar-refractivity contribution in [2.45, 2.75) is 121 Å². The van der Waals surface area contributed by atoms with E-state index >= 15 is 0 Å². The third-order valence-electron chi connectivity index (χ3n) is 11.4. The predicted molar refractivity (Wildman–Crippen MR) is 193 cm³/mol. The van der Waals surface area contributed by atoms with Gasteiger partial charge < -0.3 is 38.7 Å². The number of hydrogen-bond acceptors (Lipinski definition) is 11. The van der Waals surface area contributed by atoms with Gasteiger partial charge in [0.25, 0.3) is 0 Å². The molecule has 11 atom stereocenters. The minimum Gasteiger partial charge on any atom is -0.462 e. The van der Waals surface area contributed by atoms with Crippen molar-refractivity contribution in [3.05, 3.63) is 83.0 Å². The summed E-state index contributed by atoms with van der Waals surface area (Å²) in [6, 6.07) is 9.00. The highest BCUT2D eigenvalue weighted by atomic mass is 16.7. The van der Waals surface area contributed by atoms with Crippen molar-refractivity contribution in [1.29, 1.82) is 0 Å². The normalized spacial score (nSPS) is 41.0. The number of esters is 2. The quantitative estimate of drug-likeness (QED) is 0.174. The molecule has 4 aliphatic heterocycles.